The molecule has 276 valence electrons. The standard InChI is InChI=1S/C54H38BrN3/c55-43-35-49(56(44-22-10-3-11-23-44)45-24-12-4-13-25-45)37-50(36-43)57(48-33-41(39-18-6-1-7-19-39)32-42(34-48)40-20-8-2-9-21-40)47-30-31-54-52(38-47)51-28-16-17-29-53(51)58(54)46-26-14-5-15-27-46/h1-38H. The molecule has 0 aliphatic rings. The maximum Gasteiger partial charge on any atom is 0.0542 e. The molecule has 1 heterocycles. The van der Waals surface area contributed by atoms with Crippen LogP contribution in [-0.2, 0) is 0 Å². The Morgan fingerprint density at radius 2 is 0.741 bits per heavy atom. The van der Waals surface area contributed by atoms with Crippen LogP contribution in [0.2, 0.25) is 0 Å². The lowest BCUT2D eigenvalue weighted by Crippen LogP contribution is -2.13. The number of para-hydroxylation sites is 4. The van der Waals surface area contributed by atoms with Crippen LogP contribution in [0.5, 0.6) is 0 Å². The van der Waals surface area contributed by atoms with E-state index in [0.717, 1.165) is 72.1 Å². The number of aromatic nitrogens is 1. The normalized spacial score (nSPS) is 11.2. The Bertz CT molecular complexity index is 2900. The molecule has 1 aromatic heterocycles. The summed E-state index contributed by atoms with van der Waals surface area (Å²) < 4.78 is 3.35. The summed E-state index contributed by atoms with van der Waals surface area (Å²) in [6.07, 6.45) is 0. The van der Waals surface area contributed by atoms with Crippen molar-refractivity contribution in [3.63, 3.8) is 0 Å². The van der Waals surface area contributed by atoms with Crippen molar-refractivity contribution in [2.45, 2.75) is 0 Å². The highest BCUT2D eigenvalue weighted by Crippen LogP contribution is 2.45. The second-order valence-electron chi connectivity index (χ2n) is 14.4. The lowest BCUT2D eigenvalue weighted by atomic mass is 9.97. The van der Waals surface area contributed by atoms with Gasteiger partial charge in [-0.05, 0) is 119 Å². The number of anilines is 6. The minimum absolute atomic E-state index is 0.978. The van der Waals surface area contributed by atoms with E-state index in [9.17, 15) is 0 Å². The summed E-state index contributed by atoms with van der Waals surface area (Å²) in [6.45, 7) is 0. The summed E-state index contributed by atoms with van der Waals surface area (Å²) in [5.74, 6) is 0. The molecule has 0 atom stereocenters. The van der Waals surface area contributed by atoms with E-state index in [2.05, 4.69) is 261 Å². The Morgan fingerprint density at radius 1 is 0.293 bits per heavy atom. The van der Waals surface area contributed by atoms with Gasteiger partial charge in [0.05, 0.1) is 11.0 Å². The molecule has 0 spiro atoms. The van der Waals surface area contributed by atoms with Gasteiger partial charge in [0.2, 0.25) is 0 Å². The van der Waals surface area contributed by atoms with E-state index in [0.29, 0.717) is 0 Å². The second-order valence-corrected chi connectivity index (χ2v) is 15.3. The molecular weight excluding hydrogens is 771 g/mol. The third-order valence-electron chi connectivity index (χ3n) is 10.7. The summed E-state index contributed by atoms with van der Waals surface area (Å²) in [5, 5.41) is 2.40. The van der Waals surface area contributed by atoms with E-state index >= 15 is 0 Å². The Balaban J connectivity index is 1.24. The maximum absolute atomic E-state index is 3.99. The van der Waals surface area contributed by atoms with Gasteiger partial charge in [-0.2, -0.15) is 0 Å². The molecule has 0 saturated heterocycles. The fourth-order valence-corrected chi connectivity index (χ4v) is 8.62. The molecule has 10 aromatic rings. The fourth-order valence-electron chi connectivity index (χ4n) is 8.16. The molecular formula is C54H38BrN3. The summed E-state index contributed by atoms with van der Waals surface area (Å²) >= 11 is 3.99. The molecule has 0 saturated carbocycles. The van der Waals surface area contributed by atoms with Crippen molar-refractivity contribution in [1.82, 2.24) is 4.57 Å². The highest BCUT2D eigenvalue weighted by molar-refractivity contribution is 9.10. The topological polar surface area (TPSA) is 11.4 Å². The average Bonchev–Trinajstić information content (AvgIpc) is 3.62. The largest absolute Gasteiger partial charge is 0.310 e. The number of halogens is 1. The molecule has 10 rings (SSSR count). The molecule has 3 nitrogen and oxygen atoms in total. The first-order valence-corrected chi connectivity index (χ1v) is 20.3. The van der Waals surface area contributed by atoms with E-state index < -0.39 is 0 Å². The van der Waals surface area contributed by atoms with Crippen LogP contribution in [0.15, 0.2) is 235 Å². The van der Waals surface area contributed by atoms with Crippen LogP contribution in [0, 0.1) is 0 Å². The van der Waals surface area contributed by atoms with E-state index in [4.69, 9.17) is 0 Å². The average molecular weight is 809 g/mol. The van der Waals surface area contributed by atoms with Crippen molar-refractivity contribution in [1.29, 1.82) is 0 Å². The lowest BCUT2D eigenvalue weighted by molar-refractivity contribution is 1.18. The van der Waals surface area contributed by atoms with Crippen LogP contribution in [0.3, 0.4) is 0 Å². The van der Waals surface area contributed by atoms with Gasteiger partial charge in [0.15, 0.2) is 0 Å². The number of hydrogen-bond acceptors (Lipinski definition) is 2. The zero-order valence-electron chi connectivity index (χ0n) is 31.7. The molecule has 0 radical (unpaired) electrons. The molecule has 0 amide bonds. The van der Waals surface area contributed by atoms with Crippen molar-refractivity contribution < 1.29 is 0 Å². The minimum atomic E-state index is 0.978. The molecule has 0 aliphatic carbocycles. The van der Waals surface area contributed by atoms with E-state index in [1.807, 2.05) is 0 Å². The molecule has 58 heavy (non-hydrogen) atoms. The Morgan fingerprint density at radius 3 is 1.31 bits per heavy atom. The molecule has 0 aliphatic heterocycles. The van der Waals surface area contributed by atoms with Gasteiger partial charge in [-0.3, -0.25) is 0 Å². The van der Waals surface area contributed by atoms with Crippen LogP contribution < -0.4 is 9.80 Å². The van der Waals surface area contributed by atoms with Crippen LogP contribution in [0.25, 0.3) is 49.7 Å². The Kier molecular flexibility index (Phi) is 9.38. The van der Waals surface area contributed by atoms with Crippen molar-refractivity contribution >= 4 is 71.9 Å². The first-order chi connectivity index (χ1) is 28.7. The van der Waals surface area contributed by atoms with Gasteiger partial charge in [-0.25, -0.2) is 0 Å². The van der Waals surface area contributed by atoms with Gasteiger partial charge in [-0.1, -0.05) is 149 Å². The zero-order chi connectivity index (χ0) is 38.8. The number of fused-ring (bicyclic) bond motifs is 3. The summed E-state index contributed by atoms with van der Waals surface area (Å²) in [7, 11) is 0. The van der Waals surface area contributed by atoms with Gasteiger partial charge >= 0.3 is 0 Å². The summed E-state index contributed by atoms with van der Waals surface area (Å²) in [6, 6.07) is 82.5. The van der Waals surface area contributed by atoms with Gasteiger partial charge in [0, 0.05) is 55.1 Å². The third-order valence-corrected chi connectivity index (χ3v) is 11.2. The molecule has 0 N–H and O–H groups in total. The highest BCUT2D eigenvalue weighted by Gasteiger charge is 2.22. The van der Waals surface area contributed by atoms with Crippen molar-refractivity contribution in [2.75, 3.05) is 9.80 Å². The Labute approximate surface area is 347 Å². The van der Waals surface area contributed by atoms with Gasteiger partial charge in [0.25, 0.3) is 0 Å². The SMILES string of the molecule is Brc1cc(N(c2ccccc2)c2ccccc2)cc(N(c2cc(-c3ccccc3)cc(-c3ccccc3)c2)c2ccc3c(c2)c2ccccc2n3-c2ccccc2)c1. The van der Waals surface area contributed by atoms with Crippen LogP contribution >= 0.6 is 15.9 Å². The zero-order valence-corrected chi connectivity index (χ0v) is 33.2. The first-order valence-electron chi connectivity index (χ1n) is 19.5. The molecule has 9 aromatic carbocycles. The Hall–Kier alpha value is -7.14. The van der Waals surface area contributed by atoms with Crippen molar-refractivity contribution in [3.05, 3.63) is 235 Å². The van der Waals surface area contributed by atoms with Crippen LogP contribution in [0.1, 0.15) is 0 Å². The van der Waals surface area contributed by atoms with Crippen molar-refractivity contribution in [2.24, 2.45) is 0 Å². The van der Waals surface area contributed by atoms with Gasteiger partial charge < -0.3 is 14.4 Å². The van der Waals surface area contributed by atoms with Gasteiger partial charge in [0.1, 0.15) is 0 Å². The van der Waals surface area contributed by atoms with Crippen LogP contribution in [0.4, 0.5) is 34.1 Å². The maximum atomic E-state index is 3.99. The molecule has 0 unspecified atom stereocenters. The fraction of sp³-hybridized carbons (Fsp3) is 0. The first kappa shape index (κ1) is 35.3. The number of hydrogen-bond donors (Lipinski definition) is 0. The van der Waals surface area contributed by atoms with Crippen LogP contribution in [-0.4, -0.2) is 4.57 Å². The lowest BCUT2D eigenvalue weighted by Gasteiger charge is -2.30. The highest BCUT2D eigenvalue weighted by atomic mass is 79.9. The molecule has 0 bridgehead atoms. The number of nitrogens with zero attached hydrogens (tertiary/aromatic N) is 3. The quantitative estimate of drug-likeness (QED) is 0.144. The second kappa shape index (κ2) is 15.4. The monoisotopic (exact) mass is 807 g/mol. The molecule has 4 heteroatoms. The summed E-state index contributed by atoms with van der Waals surface area (Å²) in [4.78, 5) is 4.73. The summed E-state index contributed by atoms with van der Waals surface area (Å²) in [5.41, 5.74) is 14.4. The van der Waals surface area contributed by atoms with Gasteiger partial charge in [-0.15, -0.1) is 0 Å². The number of benzene rings is 9. The van der Waals surface area contributed by atoms with Crippen molar-refractivity contribution in [3.8, 4) is 27.9 Å². The minimum Gasteiger partial charge on any atom is -0.310 e. The molecule has 0 fully saturated rings. The smallest absolute Gasteiger partial charge is 0.0542 e. The number of rotatable bonds is 9. The predicted octanol–water partition coefficient (Wildman–Crippen LogP) is 15.8. The van der Waals surface area contributed by atoms with E-state index in [1.165, 1.54) is 16.3 Å². The third kappa shape index (κ3) is 6.74. The van der Waals surface area contributed by atoms with E-state index in [-0.39, 0.29) is 0 Å². The van der Waals surface area contributed by atoms with E-state index in [1.54, 1.807) is 0 Å². The predicted molar refractivity (Wildman–Crippen MR) is 249 cm³/mol.